The van der Waals surface area contributed by atoms with Gasteiger partial charge in [0.1, 0.15) is 0 Å². The lowest BCUT2D eigenvalue weighted by molar-refractivity contribution is -0.137. The topological polar surface area (TPSA) is 57.5 Å². The van der Waals surface area contributed by atoms with Crippen LogP contribution in [-0.2, 0) is 11.3 Å². The first-order chi connectivity index (χ1) is 15.3. The van der Waals surface area contributed by atoms with E-state index in [0.717, 1.165) is 68.9 Å². The van der Waals surface area contributed by atoms with Gasteiger partial charge in [-0.1, -0.05) is 41.7 Å². The number of piperazine rings is 1. The van der Waals surface area contributed by atoms with Gasteiger partial charge in [0.25, 0.3) is 0 Å². The van der Waals surface area contributed by atoms with Crippen LogP contribution in [0.25, 0.3) is 5.13 Å². The first kappa shape index (κ1) is 20.2. The van der Waals surface area contributed by atoms with Crippen molar-refractivity contribution >= 4 is 22.4 Å². The number of anilines is 1. The molecule has 0 spiro atoms. The molecule has 0 saturated carbocycles. The molecule has 2 aliphatic rings. The van der Waals surface area contributed by atoms with E-state index in [0.29, 0.717) is 5.91 Å². The van der Waals surface area contributed by atoms with E-state index in [1.165, 1.54) is 5.56 Å². The highest BCUT2D eigenvalue weighted by Crippen LogP contribution is 2.28. The molecule has 0 aliphatic carbocycles. The molecule has 8 heteroatoms. The molecule has 1 atom stereocenters. The van der Waals surface area contributed by atoms with Crippen molar-refractivity contribution in [1.82, 2.24) is 24.6 Å². The van der Waals surface area contributed by atoms with Crippen molar-refractivity contribution < 1.29 is 4.79 Å². The minimum Gasteiger partial charge on any atom is -0.346 e. The fourth-order valence-corrected chi connectivity index (χ4v) is 5.33. The molecule has 0 N–H and O–H groups in total. The second-order valence-corrected chi connectivity index (χ2v) is 9.26. The molecule has 0 radical (unpaired) electrons. The third-order valence-electron chi connectivity index (χ3n) is 6.20. The molecule has 0 unspecified atom stereocenters. The molecule has 0 bridgehead atoms. The Labute approximate surface area is 186 Å². The third kappa shape index (κ3) is 4.65. The van der Waals surface area contributed by atoms with Gasteiger partial charge in [0.2, 0.25) is 16.2 Å². The Bertz CT molecular complexity index is 981. The van der Waals surface area contributed by atoms with Gasteiger partial charge in [0.15, 0.2) is 0 Å². The fraction of sp³-hybridized carbons (Fsp3) is 0.435. The van der Waals surface area contributed by atoms with Crippen LogP contribution in [0.5, 0.6) is 0 Å². The summed E-state index contributed by atoms with van der Waals surface area (Å²) in [6.07, 6.45) is 5.93. The van der Waals surface area contributed by atoms with Crippen LogP contribution in [0, 0.1) is 5.92 Å². The molecule has 2 fully saturated rings. The molecule has 1 aromatic carbocycles. The summed E-state index contributed by atoms with van der Waals surface area (Å²) in [6.45, 7) is 6.15. The van der Waals surface area contributed by atoms with E-state index in [1.54, 1.807) is 11.3 Å². The van der Waals surface area contributed by atoms with E-state index < -0.39 is 0 Å². The largest absolute Gasteiger partial charge is 0.346 e. The number of hydrogen-bond acceptors (Lipinski definition) is 6. The summed E-state index contributed by atoms with van der Waals surface area (Å²) in [4.78, 5) is 20.0. The van der Waals surface area contributed by atoms with E-state index in [-0.39, 0.29) is 5.92 Å². The summed E-state index contributed by atoms with van der Waals surface area (Å²) in [5, 5.41) is 10.5. The molecule has 31 heavy (non-hydrogen) atoms. The molecule has 3 aromatic rings. The van der Waals surface area contributed by atoms with Gasteiger partial charge in [-0.25, -0.2) is 0 Å². The number of nitrogens with zero attached hydrogens (tertiary/aromatic N) is 6. The average molecular weight is 437 g/mol. The highest BCUT2D eigenvalue weighted by molar-refractivity contribution is 7.17. The van der Waals surface area contributed by atoms with Gasteiger partial charge in [-0.3, -0.25) is 14.3 Å². The number of carbonyl (C=O) groups is 1. The second kappa shape index (κ2) is 9.20. The lowest BCUT2D eigenvalue weighted by Crippen LogP contribution is -2.52. The van der Waals surface area contributed by atoms with E-state index in [9.17, 15) is 4.79 Å². The van der Waals surface area contributed by atoms with E-state index in [2.05, 4.69) is 55.2 Å². The molecule has 2 aromatic heterocycles. The van der Waals surface area contributed by atoms with E-state index in [4.69, 9.17) is 0 Å². The van der Waals surface area contributed by atoms with Crippen molar-refractivity contribution in [3.05, 3.63) is 60.4 Å². The summed E-state index contributed by atoms with van der Waals surface area (Å²) >= 11 is 1.58. The van der Waals surface area contributed by atoms with Gasteiger partial charge in [0.05, 0.1) is 5.92 Å². The van der Waals surface area contributed by atoms with Gasteiger partial charge < -0.3 is 9.80 Å². The van der Waals surface area contributed by atoms with Crippen molar-refractivity contribution in [3.8, 4) is 5.13 Å². The Hall–Kier alpha value is -2.71. The Balaban J connectivity index is 1.16. The lowest BCUT2D eigenvalue weighted by Gasteiger charge is -2.39. The minimum absolute atomic E-state index is 0.0494. The Morgan fingerprint density at radius 2 is 1.68 bits per heavy atom. The van der Waals surface area contributed by atoms with Crippen LogP contribution < -0.4 is 4.90 Å². The molecule has 5 rings (SSSR count). The number of amides is 1. The molecule has 2 aliphatic heterocycles. The van der Waals surface area contributed by atoms with Crippen molar-refractivity contribution in [2.75, 3.05) is 44.2 Å². The van der Waals surface area contributed by atoms with Crippen LogP contribution in [0.15, 0.2) is 54.9 Å². The number of aromatic nitrogens is 3. The van der Waals surface area contributed by atoms with Gasteiger partial charge >= 0.3 is 0 Å². The Kier molecular flexibility index (Phi) is 5.99. The monoisotopic (exact) mass is 436 g/mol. The zero-order valence-electron chi connectivity index (χ0n) is 17.6. The molecule has 7 nitrogen and oxygen atoms in total. The average Bonchev–Trinajstić information content (AvgIpc) is 3.52. The van der Waals surface area contributed by atoms with Crippen LogP contribution in [0.2, 0.25) is 0 Å². The third-order valence-corrected chi connectivity index (χ3v) is 7.20. The van der Waals surface area contributed by atoms with Crippen LogP contribution >= 0.6 is 11.3 Å². The zero-order valence-corrected chi connectivity index (χ0v) is 18.5. The maximum Gasteiger partial charge on any atom is 0.227 e. The number of benzene rings is 1. The summed E-state index contributed by atoms with van der Waals surface area (Å²) < 4.78 is 1.97. The maximum atomic E-state index is 13.2. The standard InChI is InChI=1S/C23H28N6OS/c30-21(27-15-13-26(14-16-27)17-19-7-2-1-3-8-19)20-9-6-12-29(18-20)23-25-24-22(31-23)28-10-4-5-11-28/h1-5,7-8,10-11,20H,6,9,12-18H2/t20-/m0/s1. The molecular formula is C23H28N6OS. The van der Waals surface area contributed by atoms with Gasteiger partial charge in [-0.2, -0.15) is 0 Å². The van der Waals surface area contributed by atoms with Crippen LogP contribution in [0.3, 0.4) is 0 Å². The SMILES string of the molecule is O=C([C@H]1CCCN(c2nnc(-n3cccc3)s2)C1)N1CCN(Cc2ccccc2)CC1. The number of hydrogen-bond donors (Lipinski definition) is 0. The molecule has 4 heterocycles. The molecular weight excluding hydrogens is 408 g/mol. The summed E-state index contributed by atoms with van der Waals surface area (Å²) in [7, 11) is 0. The normalized spacial score (nSPS) is 20.2. The maximum absolute atomic E-state index is 13.2. The smallest absolute Gasteiger partial charge is 0.227 e. The van der Waals surface area contributed by atoms with Crippen molar-refractivity contribution in [3.63, 3.8) is 0 Å². The van der Waals surface area contributed by atoms with E-state index >= 15 is 0 Å². The van der Waals surface area contributed by atoms with Crippen LogP contribution in [0.1, 0.15) is 18.4 Å². The van der Waals surface area contributed by atoms with Crippen molar-refractivity contribution in [2.24, 2.45) is 5.92 Å². The number of carbonyl (C=O) groups excluding carboxylic acids is 1. The molecule has 162 valence electrons. The highest BCUT2D eigenvalue weighted by atomic mass is 32.1. The summed E-state index contributed by atoms with van der Waals surface area (Å²) in [6, 6.07) is 14.5. The predicted molar refractivity (Wildman–Crippen MR) is 122 cm³/mol. The predicted octanol–water partition coefficient (Wildman–Crippen LogP) is 2.89. The van der Waals surface area contributed by atoms with Gasteiger partial charge in [-0.05, 0) is 30.5 Å². The van der Waals surface area contributed by atoms with E-state index in [1.807, 2.05) is 29.1 Å². The first-order valence-electron chi connectivity index (χ1n) is 11.0. The number of piperidine rings is 1. The Morgan fingerprint density at radius 1 is 0.935 bits per heavy atom. The Morgan fingerprint density at radius 3 is 2.45 bits per heavy atom. The quantitative estimate of drug-likeness (QED) is 0.616. The van der Waals surface area contributed by atoms with Gasteiger partial charge in [0, 0.05) is 58.2 Å². The lowest BCUT2D eigenvalue weighted by atomic mass is 9.96. The zero-order chi connectivity index (χ0) is 21.0. The molecule has 2 saturated heterocycles. The van der Waals surface area contributed by atoms with Gasteiger partial charge in [-0.15, -0.1) is 10.2 Å². The van der Waals surface area contributed by atoms with Crippen molar-refractivity contribution in [1.29, 1.82) is 0 Å². The highest BCUT2D eigenvalue weighted by Gasteiger charge is 2.32. The summed E-state index contributed by atoms with van der Waals surface area (Å²) in [5.74, 6) is 0.354. The van der Waals surface area contributed by atoms with Crippen LogP contribution in [0.4, 0.5) is 5.13 Å². The second-order valence-electron chi connectivity index (χ2n) is 8.33. The minimum atomic E-state index is 0.0494. The van der Waals surface area contributed by atoms with Crippen LogP contribution in [-0.4, -0.2) is 69.7 Å². The fourth-order valence-electron chi connectivity index (χ4n) is 4.48. The first-order valence-corrected chi connectivity index (χ1v) is 11.8. The summed E-state index contributed by atoms with van der Waals surface area (Å²) in [5.41, 5.74) is 1.33. The molecule has 1 amide bonds. The number of rotatable bonds is 5. The van der Waals surface area contributed by atoms with Crippen molar-refractivity contribution in [2.45, 2.75) is 19.4 Å².